The van der Waals surface area contributed by atoms with Crippen molar-refractivity contribution in [1.29, 1.82) is 5.26 Å². The number of ether oxygens (including phenoxy) is 1. The number of nitriles is 1. The van der Waals surface area contributed by atoms with E-state index in [9.17, 15) is 9.90 Å². The fourth-order valence-corrected chi connectivity index (χ4v) is 3.58. The molecule has 2 fully saturated rings. The first-order chi connectivity index (χ1) is 10.6. The number of aliphatic hydroxyl groups excluding tert-OH is 1. The van der Waals surface area contributed by atoms with E-state index in [0.29, 0.717) is 25.2 Å². The van der Waals surface area contributed by atoms with Gasteiger partial charge in [0.05, 0.1) is 24.2 Å². The van der Waals surface area contributed by atoms with Crippen LogP contribution in [0.25, 0.3) is 0 Å². The maximum Gasteiger partial charge on any atom is 0.224 e. The quantitative estimate of drug-likeness (QED) is 0.877. The minimum atomic E-state index is -0.344. The summed E-state index contributed by atoms with van der Waals surface area (Å²) in [6, 6.07) is 9.20. The Morgan fingerprint density at radius 1 is 1.45 bits per heavy atom. The molecule has 0 bridgehead atoms. The molecule has 1 saturated carbocycles. The molecule has 0 unspecified atom stereocenters. The Morgan fingerprint density at radius 3 is 2.91 bits per heavy atom. The predicted molar refractivity (Wildman–Crippen MR) is 79.9 cm³/mol. The van der Waals surface area contributed by atoms with E-state index in [0.717, 1.165) is 18.4 Å². The van der Waals surface area contributed by atoms with Gasteiger partial charge in [-0.1, -0.05) is 12.1 Å². The third kappa shape index (κ3) is 2.72. The summed E-state index contributed by atoms with van der Waals surface area (Å²) in [5.74, 6) is -0.0575. The van der Waals surface area contributed by atoms with Gasteiger partial charge in [0, 0.05) is 24.7 Å². The molecule has 116 valence electrons. The molecule has 2 aliphatic rings. The Kier molecular flexibility index (Phi) is 4.14. The van der Waals surface area contributed by atoms with Crippen LogP contribution in [-0.4, -0.2) is 36.4 Å². The zero-order valence-electron chi connectivity index (χ0n) is 12.4. The first-order valence-corrected chi connectivity index (χ1v) is 7.68. The van der Waals surface area contributed by atoms with Gasteiger partial charge in [0.1, 0.15) is 0 Å². The second kappa shape index (κ2) is 6.07. The standard InChI is InChI=1S/C17H20N2O3/c18-11-13-3-1-2-12(8-13)9-16(21)19-14-10-15(20)17(14)4-6-22-7-5-17/h1-3,8,14-15,20H,4-7,9-10H2,(H,19,21)/t14-,15-/m1/s1. The van der Waals surface area contributed by atoms with Crippen molar-refractivity contribution in [1.82, 2.24) is 5.32 Å². The van der Waals surface area contributed by atoms with E-state index in [4.69, 9.17) is 10.00 Å². The summed E-state index contributed by atoms with van der Waals surface area (Å²) >= 11 is 0. The van der Waals surface area contributed by atoms with Crippen molar-refractivity contribution in [3.05, 3.63) is 35.4 Å². The number of aliphatic hydroxyl groups is 1. The van der Waals surface area contributed by atoms with Crippen LogP contribution in [0, 0.1) is 16.7 Å². The fraction of sp³-hybridized carbons (Fsp3) is 0.529. The number of nitrogens with one attached hydrogen (secondary N) is 1. The van der Waals surface area contributed by atoms with Crippen molar-refractivity contribution >= 4 is 5.91 Å². The van der Waals surface area contributed by atoms with E-state index in [1.807, 2.05) is 6.07 Å². The molecule has 1 aromatic rings. The van der Waals surface area contributed by atoms with Gasteiger partial charge in [-0.05, 0) is 37.0 Å². The Bertz CT molecular complexity index is 602. The summed E-state index contributed by atoms with van der Waals surface area (Å²) in [6.45, 7) is 1.29. The van der Waals surface area contributed by atoms with E-state index in [-0.39, 0.29) is 29.9 Å². The zero-order chi connectivity index (χ0) is 15.6. The number of hydrogen-bond acceptors (Lipinski definition) is 4. The molecule has 22 heavy (non-hydrogen) atoms. The Labute approximate surface area is 129 Å². The molecule has 0 radical (unpaired) electrons. The second-order valence-electron chi connectivity index (χ2n) is 6.21. The molecule has 1 spiro atoms. The highest BCUT2D eigenvalue weighted by Crippen LogP contribution is 2.48. The number of hydrogen-bond donors (Lipinski definition) is 2. The Hall–Kier alpha value is -1.90. The highest BCUT2D eigenvalue weighted by atomic mass is 16.5. The van der Waals surface area contributed by atoms with Gasteiger partial charge in [-0.25, -0.2) is 0 Å². The number of benzene rings is 1. The van der Waals surface area contributed by atoms with Crippen LogP contribution in [0.2, 0.25) is 0 Å². The van der Waals surface area contributed by atoms with E-state index in [1.165, 1.54) is 0 Å². The molecule has 1 aliphatic carbocycles. The maximum atomic E-state index is 12.2. The molecule has 2 atom stereocenters. The van der Waals surface area contributed by atoms with Crippen LogP contribution in [0.3, 0.4) is 0 Å². The topological polar surface area (TPSA) is 82.4 Å². The third-order valence-electron chi connectivity index (χ3n) is 5.00. The van der Waals surface area contributed by atoms with Gasteiger partial charge in [0.15, 0.2) is 0 Å². The molecule has 1 aliphatic heterocycles. The van der Waals surface area contributed by atoms with Crippen LogP contribution in [0.4, 0.5) is 0 Å². The van der Waals surface area contributed by atoms with Crippen molar-refractivity contribution in [2.75, 3.05) is 13.2 Å². The number of nitrogens with zero attached hydrogens (tertiary/aromatic N) is 1. The molecule has 0 aromatic heterocycles. The predicted octanol–water partition coefficient (Wildman–Crippen LogP) is 1.15. The fourth-order valence-electron chi connectivity index (χ4n) is 3.58. The van der Waals surface area contributed by atoms with Crippen LogP contribution in [0.15, 0.2) is 24.3 Å². The molecule has 3 rings (SSSR count). The molecule has 1 amide bonds. The summed E-state index contributed by atoms with van der Waals surface area (Å²) in [7, 11) is 0. The van der Waals surface area contributed by atoms with Crippen LogP contribution in [-0.2, 0) is 16.0 Å². The number of carbonyl (C=O) groups excluding carboxylic acids is 1. The summed E-state index contributed by atoms with van der Waals surface area (Å²) < 4.78 is 5.37. The maximum absolute atomic E-state index is 12.2. The normalized spacial score (nSPS) is 26.0. The van der Waals surface area contributed by atoms with E-state index in [2.05, 4.69) is 11.4 Å². The molecule has 1 heterocycles. The third-order valence-corrected chi connectivity index (χ3v) is 5.00. The van der Waals surface area contributed by atoms with Crippen LogP contribution in [0.5, 0.6) is 0 Å². The average Bonchev–Trinajstić information content (AvgIpc) is 2.55. The van der Waals surface area contributed by atoms with Gasteiger partial charge in [0.2, 0.25) is 5.91 Å². The molecule has 1 saturated heterocycles. The van der Waals surface area contributed by atoms with Crippen LogP contribution in [0.1, 0.15) is 30.4 Å². The minimum absolute atomic E-state index is 0.0260. The van der Waals surface area contributed by atoms with Gasteiger partial charge < -0.3 is 15.2 Å². The first kappa shape index (κ1) is 15.0. The lowest BCUT2D eigenvalue weighted by Crippen LogP contribution is -2.65. The lowest BCUT2D eigenvalue weighted by molar-refractivity contribution is -0.155. The summed E-state index contributed by atoms with van der Waals surface area (Å²) in [5.41, 5.74) is 1.19. The van der Waals surface area contributed by atoms with Crippen molar-refractivity contribution in [2.45, 2.75) is 37.8 Å². The first-order valence-electron chi connectivity index (χ1n) is 7.68. The highest BCUT2D eigenvalue weighted by Gasteiger charge is 2.55. The SMILES string of the molecule is N#Cc1cccc(CC(=O)N[C@@H]2C[C@@H](O)C23CCOCC3)c1. The van der Waals surface area contributed by atoms with Crippen molar-refractivity contribution in [2.24, 2.45) is 5.41 Å². The smallest absolute Gasteiger partial charge is 0.224 e. The van der Waals surface area contributed by atoms with Crippen LogP contribution >= 0.6 is 0 Å². The van der Waals surface area contributed by atoms with Gasteiger partial charge in [0.25, 0.3) is 0 Å². The Morgan fingerprint density at radius 2 is 2.23 bits per heavy atom. The van der Waals surface area contributed by atoms with Crippen molar-refractivity contribution < 1.29 is 14.6 Å². The lowest BCUT2D eigenvalue weighted by Gasteiger charge is -2.55. The van der Waals surface area contributed by atoms with Gasteiger partial charge >= 0.3 is 0 Å². The van der Waals surface area contributed by atoms with E-state index in [1.54, 1.807) is 18.2 Å². The summed E-state index contributed by atoms with van der Waals surface area (Å²) in [6.07, 6.45) is 2.12. The molecule has 2 N–H and O–H groups in total. The Balaban J connectivity index is 1.61. The molecule has 5 nitrogen and oxygen atoms in total. The monoisotopic (exact) mass is 300 g/mol. The molecular formula is C17H20N2O3. The minimum Gasteiger partial charge on any atom is -0.392 e. The summed E-state index contributed by atoms with van der Waals surface area (Å²) in [5, 5.41) is 22.1. The second-order valence-corrected chi connectivity index (χ2v) is 6.21. The van der Waals surface area contributed by atoms with E-state index >= 15 is 0 Å². The van der Waals surface area contributed by atoms with Crippen LogP contribution < -0.4 is 5.32 Å². The van der Waals surface area contributed by atoms with E-state index < -0.39 is 0 Å². The van der Waals surface area contributed by atoms with Crippen molar-refractivity contribution in [3.8, 4) is 6.07 Å². The summed E-state index contributed by atoms with van der Waals surface area (Å²) in [4.78, 5) is 12.2. The lowest BCUT2D eigenvalue weighted by atomic mass is 9.58. The van der Waals surface area contributed by atoms with Gasteiger partial charge in [-0.2, -0.15) is 5.26 Å². The highest BCUT2D eigenvalue weighted by molar-refractivity contribution is 5.79. The number of carbonyl (C=O) groups is 1. The zero-order valence-corrected chi connectivity index (χ0v) is 12.4. The van der Waals surface area contributed by atoms with Gasteiger partial charge in [-0.3, -0.25) is 4.79 Å². The average molecular weight is 300 g/mol. The van der Waals surface area contributed by atoms with Gasteiger partial charge in [-0.15, -0.1) is 0 Å². The molecule has 1 aromatic carbocycles. The van der Waals surface area contributed by atoms with Crippen molar-refractivity contribution in [3.63, 3.8) is 0 Å². The molecule has 5 heteroatoms. The number of rotatable bonds is 3. The molecular weight excluding hydrogens is 280 g/mol. The largest absolute Gasteiger partial charge is 0.392 e. The number of amides is 1.